The van der Waals surface area contributed by atoms with Gasteiger partial charge in [0.2, 0.25) is 5.75 Å². The van der Waals surface area contributed by atoms with Crippen molar-refractivity contribution in [3.63, 3.8) is 0 Å². The van der Waals surface area contributed by atoms with E-state index < -0.39 is 18.8 Å². The Kier molecular flexibility index (Phi) is 8.14. The number of methoxy groups -OCH3 is 3. The number of phenolic OH excluding ortho intramolecular Hbond substituents is 1. The van der Waals surface area contributed by atoms with E-state index in [9.17, 15) is 15.3 Å². The van der Waals surface area contributed by atoms with Crippen molar-refractivity contribution in [2.24, 2.45) is 0 Å². The minimum atomic E-state index is -1.22. The first kappa shape index (κ1) is 22.4. The molecule has 8 nitrogen and oxygen atoms in total. The van der Waals surface area contributed by atoms with Crippen LogP contribution in [0.25, 0.3) is 6.08 Å². The van der Waals surface area contributed by atoms with Crippen LogP contribution in [0.3, 0.4) is 0 Å². The van der Waals surface area contributed by atoms with Crippen molar-refractivity contribution in [3.05, 3.63) is 47.5 Å². The first-order chi connectivity index (χ1) is 14.0. The number of hydrogen-bond donors (Lipinski definition) is 4. The predicted octanol–water partition coefficient (Wildman–Crippen LogP) is 1.90. The maximum Gasteiger partial charge on any atom is 0.204 e. The zero-order valence-corrected chi connectivity index (χ0v) is 16.5. The Labute approximate surface area is 169 Å². The van der Waals surface area contributed by atoms with E-state index >= 15 is 0 Å². The molecule has 0 saturated carbocycles. The number of rotatable bonds is 10. The molecule has 2 aromatic rings. The van der Waals surface area contributed by atoms with Gasteiger partial charge in [-0.15, -0.1) is 0 Å². The van der Waals surface area contributed by atoms with Crippen LogP contribution < -0.4 is 18.9 Å². The van der Waals surface area contributed by atoms with Crippen molar-refractivity contribution in [2.75, 3.05) is 34.5 Å². The first-order valence-corrected chi connectivity index (χ1v) is 8.84. The molecule has 4 N–H and O–H groups in total. The molecular formula is C21H26O8. The van der Waals surface area contributed by atoms with Crippen molar-refractivity contribution < 1.29 is 39.4 Å². The summed E-state index contributed by atoms with van der Waals surface area (Å²) < 4.78 is 21.7. The topological polar surface area (TPSA) is 118 Å². The Hall–Kier alpha value is -2.94. The summed E-state index contributed by atoms with van der Waals surface area (Å²) in [6.07, 6.45) is 0.979. The van der Waals surface area contributed by atoms with Crippen LogP contribution in [0, 0.1) is 0 Å². The van der Waals surface area contributed by atoms with E-state index in [0.717, 1.165) is 0 Å². The molecule has 8 heteroatoms. The Balaban J connectivity index is 2.37. The third-order valence-corrected chi connectivity index (χ3v) is 4.25. The lowest BCUT2D eigenvalue weighted by molar-refractivity contribution is -0.00174. The Bertz CT molecular complexity index is 808. The second-order valence-electron chi connectivity index (χ2n) is 6.05. The molecule has 0 fully saturated rings. The van der Waals surface area contributed by atoms with Gasteiger partial charge >= 0.3 is 0 Å². The minimum Gasteiger partial charge on any atom is -0.504 e. The van der Waals surface area contributed by atoms with E-state index in [1.165, 1.54) is 39.5 Å². The van der Waals surface area contributed by atoms with Gasteiger partial charge in [-0.2, -0.15) is 0 Å². The van der Waals surface area contributed by atoms with Crippen LogP contribution in [0.5, 0.6) is 28.7 Å². The molecule has 29 heavy (non-hydrogen) atoms. The molecule has 0 heterocycles. The Morgan fingerprint density at radius 1 is 0.931 bits per heavy atom. The van der Waals surface area contributed by atoms with Gasteiger partial charge in [-0.25, -0.2) is 0 Å². The number of aliphatic hydroxyl groups excluding tert-OH is 3. The summed E-state index contributed by atoms with van der Waals surface area (Å²) in [5.74, 6) is 0.986. The van der Waals surface area contributed by atoms with Crippen LogP contribution in [-0.2, 0) is 0 Å². The van der Waals surface area contributed by atoms with Gasteiger partial charge in [-0.1, -0.05) is 18.2 Å². The number of hydrogen-bond acceptors (Lipinski definition) is 8. The van der Waals surface area contributed by atoms with Crippen molar-refractivity contribution >= 4 is 6.08 Å². The third-order valence-electron chi connectivity index (χ3n) is 4.25. The molecule has 0 aromatic heterocycles. The molecule has 0 aliphatic rings. The van der Waals surface area contributed by atoms with Gasteiger partial charge in [0, 0.05) is 0 Å². The highest BCUT2D eigenvalue weighted by Crippen LogP contribution is 2.41. The maximum absolute atomic E-state index is 10.7. The molecule has 0 amide bonds. The fourth-order valence-electron chi connectivity index (χ4n) is 2.75. The standard InChI is InChI=1S/C21H26O8/c1-26-16-11-14(6-7-15(16)24)20(25)19(12-23)29-21-17(27-2)9-13(5-4-8-22)10-18(21)28-3/h4-7,9-11,19-20,22-25H,8,12H2,1-3H3/t19-,20-/m0/s1. The van der Waals surface area contributed by atoms with Crippen LogP contribution in [-0.4, -0.2) is 61.1 Å². The molecule has 0 radical (unpaired) electrons. The lowest BCUT2D eigenvalue weighted by atomic mass is 10.0. The summed E-state index contributed by atoms with van der Waals surface area (Å²) in [5, 5.41) is 39.2. The van der Waals surface area contributed by atoms with Crippen molar-refractivity contribution in [1.82, 2.24) is 0 Å². The third kappa shape index (κ3) is 5.32. The average molecular weight is 406 g/mol. The van der Waals surface area contributed by atoms with Crippen LogP contribution in [0.4, 0.5) is 0 Å². The molecule has 158 valence electrons. The average Bonchev–Trinajstić information content (AvgIpc) is 2.75. The first-order valence-electron chi connectivity index (χ1n) is 8.84. The quantitative estimate of drug-likeness (QED) is 0.473. The van der Waals surface area contributed by atoms with Crippen molar-refractivity contribution in [2.45, 2.75) is 12.2 Å². The zero-order valence-electron chi connectivity index (χ0n) is 16.5. The number of aromatic hydroxyl groups is 1. The Morgan fingerprint density at radius 2 is 1.55 bits per heavy atom. The summed E-state index contributed by atoms with van der Waals surface area (Å²) in [6.45, 7) is -0.611. The second-order valence-corrected chi connectivity index (χ2v) is 6.05. The van der Waals surface area contributed by atoms with Crippen LogP contribution in [0.15, 0.2) is 36.4 Å². The number of ether oxygens (including phenoxy) is 4. The van der Waals surface area contributed by atoms with Crippen molar-refractivity contribution in [1.29, 1.82) is 0 Å². The molecule has 0 aliphatic carbocycles. The predicted molar refractivity (Wildman–Crippen MR) is 107 cm³/mol. The normalized spacial score (nSPS) is 13.2. The number of phenols is 1. The van der Waals surface area contributed by atoms with E-state index in [4.69, 9.17) is 24.1 Å². The van der Waals surface area contributed by atoms with Gasteiger partial charge in [0.15, 0.2) is 29.1 Å². The highest BCUT2D eigenvalue weighted by molar-refractivity contribution is 5.62. The molecule has 0 bridgehead atoms. The molecule has 0 aliphatic heterocycles. The minimum absolute atomic E-state index is 0.0696. The summed E-state index contributed by atoms with van der Waals surface area (Å²) >= 11 is 0. The van der Waals surface area contributed by atoms with Crippen LogP contribution in [0.1, 0.15) is 17.2 Å². The van der Waals surface area contributed by atoms with Gasteiger partial charge in [0.05, 0.1) is 34.5 Å². The molecule has 0 unspecified atom stereocenters. The molecule has 2 rings (SSSR count). The summed E-state index contributed by atoms with van der Waals surface area (Å²) in [7, 11) is 4.31. The molecule has 2 atom stereocenters. The Morgan fingerprint density at radius 3 is 2.07 bits per heavy atom. The fourth-order valence-corrected chi connectivity index (χ4v) is 2.75. The molecule has 0 spiro atoms. The van der Waals surface area contributed by atoms with Gasteiger partial charge in [0.25, 0.3) is 0 Å². The van der Waals surface area contributed by atoms with E-state index in [2.05, 4.69) is 0 Å². The monoisotopic (exact) mass is 406 g/mol. The summed E-state index contributed by atoms with van der Waals surface area (Å²) in [5.41, 5.74) is 1.10. The van der Waals surface area contributed by atoms with Gasteiger partial charge in [-0.05, 0) is 35.4 Å². The van der Waals surface area contributed by atoms with E-state index in [-0.39, 0.29) is 23.9 Å². The maximum atomic E-state index is 10.7. The SMILES string of the molecule is COc1cc([C@H](O)[C@H](CO)Oc2c(OC)cc(C=CCO)cc2OC)ccc1O. The molecule has 2 aromatic carbocycles. The smallest absolute Gasteiger partial charge is 0.204 e. The van der Waals surface area contributed by atoms with E-state index in [1.54, 1.807) is 24.3 Å². The van der Waals surface area contributed by atoms with E-state index in [1.807, 2.05) is 0 Å². The summed E-state index contributed by atoms with van der Waals surface area (Å²) in [6, 6.07) is 7.70. The fraction of sp³-hybridized carbons (Fsp3) is 0.333. The lowest BCUT2D eigenvalue weighted by Gasteiger charge is -2.25. The van der Waals surface area contributed by atoms with Gasteiger partial charge in [-0.3, -0.25) is 0 Å². The van der Waals surface area contributed by atoms with Gasteiger partial charge < -0.3 is 39.4 Å². The highest BCUT2D eigenvalue weighted by atomic mass is 16.6. The number of benzene rings is 2. The van der Waals surface area contributed by atoms with Gasteiger partial charge in [0.1, 0.15) is 6.10 Å². The van der Waals surface area contributed by atoms with E-state index in [0.29, 0.717) is 22.6 Å². The number of aliphatic hydroxyl groups is 3. The highest BCUT2D eigenvalue weighted by Gasteiger charge is 2.26. The van der Waals surface area contributed by atoms with Crippen LogP contribution >= 0.6 is 0 Å². The zero-order chi connectivity index (χ0) is 21.4. The second kappa shape index (κ2) is 10.6. The van der Waals surface area contributed by atoms with Crippen molar-refractivity contribution in [3.8, 4) is 28.7 Å². The lowest BCUT2D eigenvalue weighted by Crippen LogP contribution is -2.29. The molecular weight excluding hydrogens is 380 g/mol. The largest absolute Gasteiger partial charge is 0.504 e. The van der Waals surface area contributed by atoms with Crippen LogP contribution in [0.2, 0.25) is 0 Å². The summed E-state index contributed by atoms with van der Waals surface area (Å²) in [4.78, 5) is 0. The molecule has 0 saturated heterocycles.